The van der Waals surface area contributed by atoms with Crippen molar-refractivity contribution in [1.82, 2.24) is 0 Å². The first-order valence-corrected chi connectivity index (χ1v) is 34.5. The molecule has 0 aliphatic rings. The first kappa shape index (κ1) is 119. The van der Waals surface area contributed by atoms with Crippen LogP contribution >= 0.6 is 38.5 Å². The third kappa shape index (κ3) is 125. The molecular weight excluding hydrogens is 1400 g/mol. The number of nitrogens with two attached hydrogens (primary N) is 3. The van der Waals surface area contributed by atoms with Crippen LogP contribution in [0.15, 0.2) is 0 Å². The number of amides is 1. The molecule has 26 heteroatoms. The van der Waals surface area contributed by atoms with E-state index in [0.717, 1.165) is 27.2 Å². The summed E-state index contributed by atoms with van der Waals surface area (Å²) in [5.74, 6) is 0.0370. The number of aliphatic hydroxyl groups is 1. The standard InChI is InChI=1S/C7H14O2.C6H12O2.C6H12O.C6H14O.C5H9F3.C5H11NO.C5H9N.C5H13N.C4H9Br.C4H9I.C4H11NO2S.C4H9NO2.C4H10O3S/c1-5-9-6(8)7(2,3)4;1-6(2,3)5(7)8-4;1-5(7)6(2,3)4;1-5(2)6(3,4)7;1-4(2,3)5(6,7)8;1-5(2,3)4(6)7;1-5(2,3)4-6;1-4-5(2,3)6;2*1-4(2,3)5;1-4(2,3)8(5,6)7;1-4(2,3)5(6)7;1-4(2,3)8(5,6)7/h5H2,1-4H3;1-4H3;1-4H3;5,7H,1-4H3;1-3H3;1-3H3,(H2,6,7);1-3H3;4,6H2,1-3H3;2*1-3H3;1-3H3,(H2,5,6,7);1-3H3;1-3H3,(H,5,6,7). The molecule has 0 rings (SSSR count). The van der Waals surface area contributed by atoms with E-state index in [9.17, 15) is 59.3 Å². The van der Waals surface area contributed by atoms with E-state index in [4.69, 9.17) is 36.3 Å². The summed E-state index contributed by atoms with van der Waals surface area (Å²) in [6.45, 7) is 75.3. The maximum Gasteiger partial charge on any atom is 0.393 e. The van der Waals surface area contributed by atoms with Crippen molar-refractivity contribution in [2.24, 2.45) is 55.0 Å². The van der Waals surface area contributed by atoms with Crippen molar-refractivity contribution in [2.45, 2.75) is 337 Å². The number of halogens is 5. The highest BCUT2D eigenvalue weighted by molar-refractivity contribution is 14.1. The molecule has 0 aliphatic carbocycles. The van der Waals surface area contributed by atoms with Crippen LogP contribution in [-0.2, 0) is 48.8 Å². The number of primary amides is 1. The number of rotatable bonds is 3. The van der Waals surface area contributed by atoms with Crippen LogP contribution in [0.25, 0.3) is 0 Å². The highest BCUT2D eigenvalue weighted by Crippen LogP contribution is 2.36. The predicted molar refractivity (Wildman–Crippen MR) is 390 cm³/mol. The number of ketones is 1. The van der Waals surface area contributed by atoms with Crippen molar-refractivity contribution < 1.29 is 73.2 Å². The second-order valence-electron chi connectivity index (χ2n) is 33.2. The monoisotopic (exact) mass is 1540 g/mol. The van der Waals surface area contributed by atoms with Gasteiger partial charge in [0.1, 0.15) is 5.78 Å². The Bertz CT molecular complexity index is 2070. The zero-order chi connectivity index (χ0) is 79.0. The molecule has 0 aliphatic heterocycles. The zero-order valence-electron chi connectivity index (χ0n) is 65.6. The third-order valence-corrected chi connectivity index (χ3v) is 12.4. The number of nitriles is 1. The lowest BCUT2D eigenvalue weighted by Crippen LogP contribution is -2.34. The van der Waals surface area contributed by atoms with Crippen molar-refractivity contribution in [3.63, 3.8) is 0 Å². The summed E-state index contributed by atoms with van der Waals surface area (Å²) in [5.41, 5.74) is 6.31. The summed E-state index contributed by atoms with van der Waals surface area (Å²) in [6, 6.07) is 2.10. The number of nitro groups is 1. The van der Waals surface area contributed by atoms with E-state index in [-0.39, 0.29) is 61.2 Å². The third-order valence-electron chi connectivity index (χ3n) is 9.17. The molecule has 1 amide bonds. The molecule has 0 saturated heterocycles. The number of hydrogen-bond acceptors (Lipinski definition) is 15. The minimum Gasteiger partial charge on any atom is -0.469 e. The van der Waals surface area contributed by atoms with Gasteiger partial charge in [0.2, 0.25) is 21.5 Å². The van der Waals surface area contributed by atoms with E-state index in [1.165, 1.54) is 27.9 Å². The number of carbonyl (C=O) groups excluding carboxylic acids is 4. The normalized spacial score (nSPS) is 12.2. The number of hydrogen-bond donors (Lipinski definition) is 5. The van der Waals surface area contributed by atoms with Crippen molar-refractivity contribution in [3.8, 4) is 6.07 Å². The van der Waals surface area contributed by atoms with Gasteiger partial charge in [-0.1, -0.05) is 163 Å². The molecular formula is C65H142BrF3IN5O14S2. The SMILES string of the molecule is CC(=O)C(C)(C)C.CC(C)(C)Br.CC(C)(C)C#N.CC(C)(C)C(F)(F)F.CC(C)(C)C(N)=O.CC(C)(C)I.CC(C)(C)S(=O)(=O)O.CC(C)(C)S(N)(=O)=O.CC(C)(C)[N+](=O)[O-].CC(C)C(C)(C)O.CCC(C)(C)N.CCOC(=O)C(C)(C)C.COC(=O)C(C)(C)C. The summed E-state index contributed by atoms with van der Waals surface area (Å²) in [6.07, 6.45) is -3.01. The van der Waals surface area contributed by atoms with Crippen LogP contribution < -0.4 is 16.6 Å². The van der Waals surface area contributed by atoms with Gasteiger partial charge in [-0.3, -0.25) is 33.8 Å². The topological polar surface area (TPSA) is 340 Å². The molecule has 0 saturated carbocycles. The Kier molecular flexibility index (Phi) is 63.3. The summed E-state index contributed by atoms with van der Waals surface area (Å²) >= 11 is 5.75. The Morgan fingerprint density at radius 2 is 0.791 bits per heavy atom. The number of Topliss-reactive ketones (excluding diaryl/α,β-unsaturated/α-hetero) is 1. The van der Waals surface area contributed by atoms with E-state index >= 15 is 0 Å². The Balaban J connectivity index is -0.0000000660. The molecule has 19 nitrogen and oxygen atoms in total. The van der Waals surface area contributed by atoms with Crippen LogP contribution in [0.3, 0.4) is 0 Å². The Morgan fingerprint density at radius 1 is 0.626 bits per heavy atom. The molecule has 0 aromatic carbocycles. The molecule has 0 unspecified atom stereocenters. The fraction of sp³-hybridized carbons (Fsp3) is 0.923. The maximum atomic E-state index is 11.6. The molecule has 0 bridgehead atoms. The van der Waals surface area contributed by atoms with E-state index in [2.05, 4.69) is 97.8 Å². The molecule has 0 aromatic rings. The summed E-state index contributed by atoms with van der Waals surface area (Å²) in [4.78, 5) is 51.7. The fourth-order valence-electron chi connectivity index (χ4n) is 0.654. The Hall–Kier alpha value is -2.29. The molecule has 0 radical (unpaired) electrons. The smallest absolute Gasteiger partial charge is 0.393 e. The van der Waals surface area contributed by atoms with Gasteiger partial charge in [0, 0.05) is 55.2 Å². The average molecular weight is 1550 g/mol. The minimum absolute atomic E-state index is 0.0417. The van der Waals surface area contributed by atoms with Crippen LogP contribution in [0, 0.1) is 59.9 Å². The number of carbonyl (C=O) groups is 4. The number of primary sulfonamides is 1. The molecule has 0 spiro atoms. The molecule has 558 valence electrons. The van der Waals surface area contributed by atoms with Crippen LogP contribution in [-0.4, -0.2) is 109 Å². The molecule has 0 aromatic heterocycles. The Labute approximate surface area is 579 Å². The largest absolute Gasteiger partial charge is 0.469 e. The van der Waals surface area contributed by atoms with Crippen molar-refractivity contribution in [1.29, 1.82) is 5.26 Å². The summed E-state index contributed by atoms with van der Waals surface area (Å²) in [7, 11) is -5.78. The number of methoxy groups -OCH3 is 1. The second-order valence-corrected chi connectivity index (χ2v) is 43.3. The molecule has 8 N–H and O–H groups in total. The molecule has 0 fully saturated rings. The lowest BCUT2D eigenvalue weighted by molar-refractivity contribution is -0.555. The van der Waals surface area contributed by atoms with Crippen molar-refractivity contribution in [2.75, 3.05) is 13.7 Å². The number of alkyl halides is 5. The van der Waals surface area contributed by atoms with Gasteiger partial charge in [-0.05, 0) is 158 Å². The number of esters is 2. The van der Waals surface area contributed by atoms with Gasteiger partial charge < -0.3 is 26.0 Å². The van der Waals surface area contributed by atoms with Gasteiger partial charge in [0.15, 0.2) is 0 Å². The average Bonchev–Trinajstić information content (AvgIpc) is 3.20. The van der Waals surface area contributed by atoms with Gasteiger partial charge in [-0.15, -0.1) is 0 Å². The van der Waals surface area contributed by atoms with Gasteiger partial charge >= 0.3 is 18.1 Å². The zero-order valence-corrected chi connectivity index (χ0v) is 71.0. The Morgan fingerprint density at radius 3 is 0.802 bits per heavy atom. The highest BCUT2D eigenvalue weighted by Gasteiger charge is 2.43. The van der Waals surface area contributed by atoms with Crippen molar-refractivity contribution >= 4 is 82.3 Å². The molecule has 0 atom stereocenters. The number of nitrogens with zero attached hydrogens (tertiary/aromatic N) is 2. The van der Waals surface area contributed by atoms with E-state index in [0.29, 0.717) is 20.3 Å². The lowest BCUT2D eigenvalue weighted by Gasteiger charge is -2.21. The molecule has 0 heterocycles. The minimum atomic E-state index is -4.06. The van der Waals surface area contributed by atoms with Crippen molar-refractivity contribution in [3.05, 3.63) is 10.1 Å². The van der Waals surface area contributed by atoms with Gasteiger partial charge in [-0.2, -0.15) is 26.9 Å². The fourth-order valence-corrected chi connectivity index (χ4v) is 0.654. The lowest BCUT2D eigenvalue weighted by atomic mass is 9.92. The summed E-state index contributed by atoms with van der Waals surface area (Å²) in [5, 5.41) is 31.9. The quantitative estimate of drug-likeness (QED) is 0.0438. The van der Waals surface area contributed by atoms with Gasteiger partial charge in [0.05, 0.1) is 51.1 Å². The van der Waals surface area contributed by atoms with E-state index in [1.54, 1.807) is 69.2 Å². The molecule has 91 heavy (non-hydrogen) atoms. The number of ether oxygens (including phenoxy) is 2. The maximum absolute atomic E-state index is 11.6. The van der Waals surface area contributed by atoms with Gasteiger partial charge in [0.25, 0.3) is 10.1 Å². The predicted octanol–water partition coefficient (Wildman–Crippen LogP) is 17.8. The van der Waals surface area contributed by atoms with E-state index in [1.807, 2.05) is 132 Å². The van der Waals surface area contributed by atoms with Crippen LogP contribution in [0.5, 0.6) is 0 Å². The first-order valence-electron chi connectivity index (χ1n) is 29.7. The first-order chi connectivity index (χ1) is 38.1. The van der Waals surface area contributed by atoms with E-state index < -0.39 is 52.4 Å². The van der Waals surface area contributed by atoms with Crippen LogP contribution in [0.4, 0.5) is 13.2 Å². The van der Waals surface area contributed by atoms with Crippen LogP contribution in [0.2, 0.25) is 0 Å². The summed E-state index contributed by atoms with van der Waals surface area (Å²) < 4.78 is 92.5. The highest BCUT2D eigenvalue weighted by atomic mass is 127. The second kappa shape index (κ2) is 48.4. The number of sulfonamides is 1. The van der Waals surface area contributed by atoms with Crippen LogP contribution in [0.1, 0.15) is 297 Å². The van der Waals surface area contributed by atoms with Gasteiger partial charge in [-0.25, -0.2) is 13.6 Å².